The first kappa shape index (κ1) is 27.4. The number of alkyl carbamates (subject to hydrolysis) is 1. The van der Waals surface area contributed by atoms with Crippen LogP contribution in [0.3, 0.4) is 0 Å². The van der Waals surface area contributed by atoms with Crippen molar-refractivity contribution in [3.05, 3.63) is 65.7 Å². The average Bonchev–Trinajstić information content (AvgIpc) is 2.92. The van der Waals surface area contributed by atoms with Gasteiger partial charge in [-0.05, 0) is 43.1 Å². The smallest absolute Gasteiger partial charge is 0.407 e. The lowest BCUT2D eigenvalue weighted by Gasteiger charge is -2.41. The van der Waals surface area contributed by atoms with Gasteiger partial charge in [-0.25, -0.2) is 4.79 Å². The second kappa shape index (κ2) is 14.4. The Bertz CT molecular complexity index is 953. The number of carbonyl (C=O) groups is 2. The fraction of sp³-hybridized carbons (Fsp3) is 0.440. The van der Waals surface area contributed by atoms with Crippen molar-refractivity contribution in [1.29, 1.82) is 0 Å². The molecule has 4 N–H and O–H groups in total. The summed E-state index contributed by atoms with van der Waals surface area (Å²) >= 11 is 0. The summed E-state index contributed by atoms with van der Waals surface area (Å²) in [7, 11) is 1.56. The molecule has 1 aliphatic heterocycles. The van der Waals surface area contributed by atoms with Gasteiger partial charge in [0.1, 0.15) is 12.4 Å². The van der Waals surface area contributed by atoms with Crippen molar-refractivity contribution in [2.75, 3.05) is 46.4 Å². The Morgan fingerprint density at radius 2 is 1.72 bits per heavy atom. The third-order valence-corrected chi connectivity index (χ3v) is 6.04. The van der Waals surface area contributed by atoms with E-state index in [4.69, 9.17) is 19.4 Å². The molecule has 0 atom stereocenters. The van der Waals surface area contributed by atoms with Gasteiger partial charge in [-0.3, -0.25) is 4.79 Å². The van der Waals surface area contributed by atoms with E-state index in [9.17, 15) is 9.59 Å². The highest BCUT2D eigenvalue weighted by atomic mass is 17.0. The fourth-order valence-corrected chi connectivity index (χ4v) is 4.07. The topological polar surface area (TPSA) is 122 Å². The van der Waals surface area contributed by atoms with Crippen molar-refractivity contribution in [3.63, 3.8) is 0 Å². The molecule has 0 saturated carbocycles. The van der Waals surface area contributed by atoms with Crippen molar-refractivity contribution in [2.24, 2.45) is 0 Å². The van der Waals surface area contributed by atoms with Crippen LogP contribution in [0.4, 0.5) is 4.79 Å². The Morgan fingerprint density at radius 1 is 1.00 bits per heavy atom. The van der Waals surface area contributed by atoms with Crippen molar-refractivity contribution in [1.82, 2.24) is 26.8 Å². The molecule has 0 aliphatic carbocycles. The molecule has 0 spiro atoms. The van der Waals surface area contributed by atoms with Crippen LogP contribution in [0.1, 0.15) is 35.7 Å². The first-order valence-electron chi connectivity index (χ1n) is 12.0. The van der Waals surface area contributed by atoms with Crippen LogP contribution in [0.15, 0.2) is 54.6 Å². The number of rotatable bonds is 13. The number of para-hydroxylation sites is 1. The average molecular weight is 502 g/mol. The predicted molar refractivity (Wildman–Crippen MR) is 133 cm³/mol. The minimum absolute atomic E-state index is 0.150. The van der Waals surface area contributed by atoms with E-state index in [1.165, 1.54) is 5.56 Å². The lowest BCUT2D eigenvalue weighted by molar-refractivity contribution is -0.328. The minimum Gasteiger partial charge on any atom is -0.496 e. The highest BCUT2D eigenvalue weighted by Crippen LogP contribution is 2.35. The molecule has 0 aromatic heterocycles. The van der Waals surface area contributed by atoms with E-state index >= 15 is 0 Å². The fourth-order valence-electron chi connectivity index (χ4n) is 4.07. The Labute approximate surface area is 211 Å². The summed E-state index contributed by atoms with van der Waals surface area (Å²) in [5.41, 5.74) is 6.43. The predicted octanol–water partition coefficient (Wildman–Crippen LogP) is 2.08. The minimum atomic E-state index is -0.474. The monoisotopic (exact) mass is 501 g/mol. The summed E-state index contributed by atoms with van der Waals surface area (Å²) in [4.78, 5) is 34.6. The number of benzene rings is 2. The van der Waals surface area contributed by atoms with E-state index in [2.05, 4.69) is 33.9 Å². The van der Waals surface area contributed by atoms with E-state index in [0.29, 0.717) is 37.5 Å². The van der Waals surface area contributed by atoms with Crippen molar-refractivity contribution >= 4 is 12.0 Å². The molecule has 2 amide bonds. The van der Waals surface area contributed by atoms with E-state index < -0.39 is 6.09 Å². The summed E-state index contributed by atoms with van der Waals surface area (Å²) in [6.45, 7) is 4.49. The molecule has 11 heteroatoms. The van der Waals surface area contributed by atoms with Gasteiger partial charge in [0.05, 0.1) is 19.2 Å². The van der Waals surface area contributed by atoms with Crippen LogP contribution in [0.2, 0.25) is 0 Å². The lowest BCUT2D eigenvalue weighted by atomic mass is 9.73. The molecule has 1 saturated heterocycles. The Kier molecular flexibility index (Phi) is 10.9. The number of hydrogen-bond donors (Lipinski definition) is 4. The van der Waals surface area contributed by atoms with Gasteiger partial charge in [0.15, 0.2) is 0 Å². The molecule has 0 radical (unpaired) electrons. The molecule has 3 rings (SSSR count). The maximum absolute atomic E-state index is 12.9. The van der Waals surface area contributed by atoms with Gasteiger partial charge in [0.25, 0.3) is 5.91 Å². The Morgan fingerprint density at radius 3 is 2.44 bits per heavy atom. The van der Waals surface area contributed by atoms with Crippen molar-refractivity contribution in [2.45, 2.75) is 25.2 Å². The summed E-state index contributed by atoms with van der Waals surface area (Å²) in [6, 6.07) is 17.4. The number of hydroxylamine groups is 3. The first-order valence-corrected chi connectivity index (χ1v) is 12.0. The summed E-state index contributed by atoms with van der Waals surface area (Å²) in [6.07, 6.45) is 1.05. The van der Waals surface area contributed by atoms with E-state index in [-0.39, 0.29) is 24.5 Å². The molecule has 11 nitrogen and oxygen atoms in total. The number of piperidine rings is 1. The molecule has 1 aliphatic rings. The molecule has 36 heavy (non-hydrogen) atoms. The first-order chi connectivity index (χ1) is 17.6. The molecular formula is C25H35N5O6. The van der Waals surface area contributed by atoms with Gasteiger partial charge >= 0.3 is 6.09 Å². The van der Waals surface area contributed by atoms with E-state index in [1.54, 1.807) is 24.3 Å². The molecule has 0 unspecified atom stereocenters. The highest BCUT2D eigenvalue weighted by Gasteiger charge is 2.37. The molecule has 2 aromatic rings. The third kappa shape index (κ3) is 7.90. The number of hydrogen-bond acceptors (Lipinski definition) is 9. The summed E-state index contributed by atoms with van der Waals surface area (Å²) in [5.74, 6) is 0.376. The maximum atomic E-state index is 12.9. The number of ether oxygens (including phenoxy) is 2. The van der Waals surface area contributed by atoms with E-state index in [1.807, 2.05) is 37.3 Å². The van der Waals surface area contributed by atoms with Crippen molar-refractivity contribution in [3.8, 4) is 5.75 Å². The van der Waals surface area contributed by atoms with Crippen LogP contribution in [0, 0.1) is 0 Å². The van der Waals surface area contributed by atoms with E-state index in [0.717, 1.165) is 12.8 Å². The quantitative estimate of drug-likeness (QED) is 0.241. The number of methoxy groups -OCH3 is 1. The molecule has 1 heterocycles. The van der Waals surface area contributed by atoms with Crippen LogP contribution in [-0.2, 0) is 20.0 Å². The third-order valence-electron chi connectivity index (χ3n) is 6.04. The number of nitrogens with one attached hydrogen (secondary N) is 4. The van der Waals surface area contributed by atoms with Crippen LogP contribution in [-0.4, -0.2) is 63.5 Å². The number of nitrogens with zero attached hydrogens (tertiary/aromatic N) is 1. The highest BCUT2D eigenvalue weighted by molar-refractivity contribution is 5.96. The van der Waals surface area contributed by atoms with Crippen LogP contribution in [0.5, 0.6) is 5.75 Å². The van der Waals surface area contributed by atoms with Gasteiger partial charge in [0, 0.05) is 31.6 Å². The van der Waals surface area contributed by atoms with Gasteiger partial charge in [0.2, 0.25) is 0 Å². The standard InChI is InChI=1S/C25H35N5O6/c1-3-26-24(32)34-18-15-28-35-29-36-30-16-13-25(14-17-30,20-9-5-4-6-10-20)19-27-23(31)21-11-7-8-12-22(21)33-2/h4-12,28-29H,3,13-19H2,1-2H3,(H,26,32)(H,27,31). The molecule has 196 valence electrons. The molecular weight excluding hydrogens is 466 g/mol. The maximum Gasteiger partial charge on any atom is 0.407 e. The normalized spacial score (nSPS) is 15.2. The van der Waals surface area contributed by atoms with Gasteiger partial charge < -0.3 is 20.1 Å². The van der Waals surface area contributed by atoms with Gasteiger partial charge in [-0.15, -0.1) is 0 Å². The zero-order valence-electron chi connectivity index (χ0n) is 20.7. The van der Waals surface area contributed by atoms with Crippen LogP contribution in [0.25, 0.3) is 0 Å². The summed E-state index contributed by atoms with van der Waals surface area (Å²) < 4.78 is 10.3. The largest absolute Gasteiger partial charge is 0.496 e. The Hall–Kier alpha value is -3.22. The van der Waals surface area contributed by atoms with Crippen LogP contribution < -0.4 is 26.5 Å². The Balaban J connectivity index is 1.47. The molecule has 1 fully saturated rings. The second-order valence-corrected chi connectivity index (χ2v) is 8.30. The molecule has 2 aromatic carbocycles. The zero-order valence-corrected chi connectivity index (χ0v) is 20.7. The molecule has 0 bridgehead atoms. The lowest BCUT2D eigenvalue weighted by Crippen LogP contribution is -2.50. The number of amides is 2. The zero-order chi connectivity index (χ0) is 25.6. The second-order valence-electron chi connectivity index (χ2n) is 8.30. The summed E-state index contributed by atoms with van der Waals surface area (Å²) in [5, 5.41) is 7.41. The SMILES string of the molecule is CCNC(=O)OCCNONON1CCC(CNC(=O)c2ccccc2OC)(c2ccccc2)CC1. The van der Waals surface area contributed by atoms with Gasteiger partial charge in [-0.2, -0.15) is 20.4 Å². The van der Waals surface area contributed by atoms with Gasteiger partial charge in [-0.1, -0.05) is 42.5 Å². The number of carbonyl (C=O) groups excluding carboxylic acids is 2. The van der Waals surface area contributed by atoms with Crippen molar-refractivity contribution < 1.29 is 28.9 Å². The van der Waals surface area contributed by atoms with Crippen LogP contribution >= 0.6 is 0 Å².